The first-order valence-electron chi connectivity index (χ1n) is 6.00. The summed E-state index contributed by atoms with van der Waals surface area (Å²) in [7, 11) is 1.67. The molecule has 0 aliphatic rings. The van der Waals surface area contributed by atoms with E-state index in [2.05, 4.69) is 15.4 Å². The minimum absolute atomic E-state index is 0.304. The number of benzene rings is 1. The lowest BCUT2D eigenvalue weighted by atomic mass is 10.2. The molecule has 1 aromatic carbocycles. The summed E-state index contributed by atoms with van der Waals surface area (Å²) in [6.45, 7) is 0. The smallest absolute Gasteiger partial charge is 0.273 e. The van der Waals surface area contributed by atoms with E-state index in [-0.39, 0.29) is 5.91 Å². The van der Waals surface area contributed by atoms with Crippen LogP contribution in [0.25, 0.3) is 10.9 Å². The van der Waals surface area contributed by atoms with E-state index in [4.69, 9.17) is 5.26 Å². The highest BCUT2D eigenvalue weighted by molar-refractivity contribution is 6.06. The van der Waals surface area contributed by atoms with Crippen LogP contribution >= 0.6 is 0 Å². The van der Waals surface area contributed by atoms with Gasteiger partial charge >= 0.3 is 0 Å². The van der Waals surface area contributed by atoms with Crippen LogP contribution < -0.4 is 5.32 Å². The number of para-hydroxylation sites is 1. The van der Waals surface area contributed by atoms with E-state index in [0.717, 1.165) is 10.9 Å². The highest BCUT2D eigenvalue weighted by Gasteiger charge is 2.14. The van der Waals surface area contributed by atoms with Crippen molar-refractivity contribution in [3.63, 3.8) is 0 Å². The summed E-state index contributed by atoms with van der Waals surface area (Å²) < 4.78 is 1.46. The molecule has 2 N–H and O–H groups in total. The van der Waals surface area contributed by atoms with Gasteiger partial charge in [0.1, 0.15) is 23.1 Å². The van der Waals surface area contributed by atoms with Crippen LogP contribution in [-0.4, -0.2) is 20.7 Å². The molecule has 0 saturated carbocycles. The number of nitrogens with zero attached hydrogens (tertiary/aromatic N) is 3. The maximum Gasteiger partial charge on any atom is 0.273 e. The molecule has 6 nitrogen and oxygen atoms in total. The second-order valence-electron chi connectivity index (χ2n) is 4.37. The molecule has 3 aromatic rings. The molecule has 0 unspecified atom stereocenters. The second kappa shape index (κ2) is 4.55. The fourth-order valence-electron chi connectivity index (χ4n) is 2.04. The number of rotatable bonds is 2. The summed E-state index contributed by atoms with van der Waals surface area (Å²) in [5.41, 5.74) is 1.66. The van der Waals surface area contributed by atoms with Crippen molar-refractivity contribution in [2.75, 3.05) is 5.32 Å². The fraction of sp³-hybridized carbons (Fsp3) is 0.0714. The molecule has 98 valence electrons. The Morgan fingerprint density at radius 1 is 1.45 bits per heavy atom. The van der Waals surface area contributed by atoms with Crippen molar-refractivity contribution in [3.05, 3.63) is 47.8 Å². The lowest BCUT2D eigenvalue weighted by Gasteiger charge is -2.04. The standard InChI is InChI=1S/C14H11N5O/c1-19-13(10(7-15)8-16-19)18-14(20)12-6-9-4-2-3-5-11(9)17-12/h2-6,8,17H,1H3,(H,18,20). The maximum absolute atomic E-state index is 12.2. The van der Waals surface area contributed by atoms with Crippen LogP contribution in [0, 0.1) is 11.3 Å². The Morgan fingerprint density at radius 2 is 2.25 bits per heavy atom. The summed E-state index contributed by atoms with van der Waals surface area (Å²) in [6, 6.07) is 11.4. The van der Waals surface area contributed by atoms with Crippen molar-refractivity contribution in [1.82, 2.24) is 14.8 Å². The van der Waals surface area contributed by atoms with E-state index in [1.807, 2.05) is 30.3 Å². The van der Waals surface area contributed by atoms with Crippen LogP contribution in [0.5, 0.6) is 0 Å². The Bertz CT molecular complexity index is 804. The Balaban J connectivity index is 1.93. The third-order valence-electron chi connectivity index (χ3n) is 3.07. The minimum Gasteiger partial charge on any atom is -0.351 e. The zero-order valence-electron chi connectivity index (χ0n) is 10.7. The van der Waals surface area contributed by atoms with Gasteiger partial charge in [0, 0.05) is 18.0 Å². The molecule has 3 rings (SSSR count). The molecule has 2 heterocycles. The quantitative estimate of drug-likeness (QED) is 0.743. The lowest BCUT2D eigenvalue weighted by Crippen LogP contribution is -2.15. The van der Waals surface area contributed by atoms with Crippen LogP contribution in [0.1, 0.15) is 16.1 Å². The third kappa shape index (κ3) is 1.91. The average molecular weight is 265 g/mol. The van der Waals surface area contributed by atoms with Gasteiger partial charge in [0.2, 0.25) is 0 Å². The fourth-order valence-corrected chi connectivity index (χ4v) is 2.04. The number of hydrogen-bond donors (Lipinski definition) is 2. The molecule has 2 aromatic heterocycles. The summed E-state index contributed by atoms with van der Waals surface area (Å²) >= 11 is 0. The number of anilines is 1. The third-order valence-corrected chi connectivity index (χ3v) is 3.07. The molecule has 0 fully saturated rings. The summed E-state index contributed by atoms with van der Waals surface area (Å²) in [5.74, 6) is 0.0810. The average Bonchev–Trinajstić information content (AvgIpc) is 3.03. The van der Waals surface area contributed by atoms with Crippen LogP contribution in [0.2, 0.25) is 0 Å². The van der Waals surface area contributed by atoms with Crippen molar-refractivity contribution in [1.29, 1.82) is 5.26 Å². The molecule has 6 heteroatoms. The zero-order chi connectivity index (χ0) is 14.1. The van der Waals surface area contributed by atoms with Crippen molar-refractivity contribution < 1.29 is 4.79 Å². The van der Waals surface area contributed by atoms with Gasteiger partial charge in [-0.05, 0) is 12.1 Å². The molecule has 1 amide bonds. The molecule has 0 saturated heterocycles. The van der Waals surface area contributed by atoms with Crippen LogP contribution in [-0.2, 0) is 7.05 Å². The zero-order valence-corrected chi connectivity index (χ0v) is 10.7. The molecule has 0 spiro atoms. The van der Waals surface area contributed by atoms with E-state index in [1.165, 1.54) is 10.9 Å². The Labute approximate surface area is 114 Å². The van der Waals surface area contributed by atoms with Gasteiger partial charge in [0.05, 0.1) is 6.20 Å². The van der Waals surface area contributed by atoms with Gasteiger partial charge in [0.15, 0.2) is 0 Å². The van der Waals surface area contributed by atoms with Gasteiger partial charge in [0.25, 0.3) is 5.91 Å². The highest BCUT2D eigenvalue weighted by atomic mass is 16.2. The minimum atomic E-state index is -0.304. The summed E-state index contributed by atoms with van der Waals surface area (Å²) in [6.07, 6.45) is 1.42. The Kier molecular flexibility index (Phi) is 2.73. The number of nitriles is 1. The predicted octanol–water partition coefficient (Wildman–Crippen LogP) is 2.03. The predicted molar refractivity (Wildman–Crippen MR) is 74.2 cm³/mol. The molecule has 0 bridgehead atoms. The van der Waals surface area contributed by atoms with Gasteiger partial charge < -0.3 is 10.3 Å². The Morgan fingerprint density at radius 3 is 3.00 bits per heavy atom. The molecule has 0 aliphatic carbocycles. The molecule has 0 radical (unpaired) electrons. The van der Waals surface area contributed by atoms with Crippen molar-refractivity contribution in [2.45, 2.75) is 0 Å². The van der Waals surface area contributed by atoms with Crippen molar-refractivity contribution >= 4 is 22.6 Å². The molecule has 0 atom stereocenters. The summed E-state index contributed by atoms with van der Waals surface area (Å²) in [4.78, 5) is 15.2. The first kappa shape index (κ1) is 12.0. The van der Waals surface area contributed by atoms with Gasteiger partial charge in [-0.1, -0.05) is 18.2 Å². The monoisotopic (exact) mass is 265 g/mol. The molecule has 20 heavy (non-hydrogen) atoms. The SMILES string of the molecule is Cn1ncc(C#N)c1NC(=O)c1cc2ccccc2[nH]1. The Hall–Kier alpha value is -3.07. The lowest BCUT2D eigenvalue weighted by molar-refractivity contribution is 0.102. The first-order valence-corrected chi connectivity index (χ1v) is 6.00. The summed E-state index contributed by atoms with van der Waals surface area (Å²) in [5, 5.41) is 16.6. The number of aromatic nitrogens is 3. The van der Waals surface area contributed by atoms with E-state index in [1.54, 1.807) is 13.1 Å². The first-order chi connectivity index (χ1) is 9.69. The molecule has 0 aliphatic heterocycles. The van der Waals surface area contributed by atoms with E-state index >= 15 is 0 Å². The van der Waals surface area contributed by atoms with Gasteiger partial charge in [-0.15, -0.1) is 0 Å². The number of carbonyl (C=O) groups is 1. The van der Waals surface area contributed by atoms with Crippen LogP contribution in [0.3, 0.4) is 0 Å². The van der Waals surface area contributed by atoms with E-state index < -0.39 is 0 Å². The number of H-pyrrole nitrogens is 1. The number of hydrogen-bond acceptors (Lipinski definition) is 3. The topological polar surface area (TPSA) is 86.5 Å². The largest absolute Gasteiger partial charge is 0.351 e. The van der Waals surface area contributed by atoms with Crippen molar-refractivity contribution in [3.8, 4) is 6.07 Å². The van der Waals surface area contributed by atoms with Gasteiger partial charge in [-0.2, -0.15) is 10.4 Å². The second-order valence-corrected chi connectivity index (χ2v) is 4.37. The molecular weight excluding hydrogens is 254 g/mol. The number of aromatic amines is 1. The number of nitrogens with one attached hydrogen (secondary N) is 2. The van der Waals surface area contributed by atoms with Crippen LogP contribution in [0.15, 0.2) is 36.5 Å². The van der Waals surface area contributed by atoms with Gasteiger partial charge in [-0.25, -0.2) is 0 Å². The van der Waals surface area contributed by atoms with Gasteiger partial charge in [-0.3, -0.25) is 9.48 Å². The van der Waals surface area contributed by atoms with E-state index in [0.29, 0.717) is 17.1 Å². The molecular formula is C14H11N5O. The highest BCUT2D eigenvalue weighted by Crippen LogP contribution is 2.17. The number of fused-ring (bicyclic) bond motifs is 1. The normalized spacial score (nSPS) is 10.4. The van der Waals surface area contributed by atoms with E-state index in [9.17, 15) is 4.79 Å². The number of amides is 1. The van der Waals surface area contributed by atoms with Crippen LogP contribution in [0.4, 0.5) is 5.82 Å². The number of carbonyl (C=O) groups excluding carboxylic acids is 1. The number of aryl methyl sites for hydroxylation is 1. The maximum atomic E-state index is 12.2. The van der Waals surface area contributed by atoms with Crippen molar-refractivity contribution in [2.24, 2.45) is 7.05 Å².